The van der Waals surface area contributed by atoms with Crippen LogP contribution in [0.4, 0.5) is 0 Å². The van der Waals surface area contributed by atoms with Crippen LogP contribution in [0.2, 0.25) is 0 Å². The molecule has 3 rings (SSSR count). The molecule has 1 aliphatic rings. The summed E-state index contributed by atoms with van der Waals surface area (Å²) in [6.07, 6.45) is 4.46. The molecular weight excluding hydrogens is 390 g/mol. The van der Waals surface area contributed by atoms with Crippen LogP contribution >= 0.6 is 0 Å². The summed E-state index contributed by atoms with van der Waals surface area (Å²) in [7, 11) is 3.32. The van der Waals surface area contributed by atoms with Crippen molar-refractivity contribution in [1.82, 2.24) is 10.2 Å². The Hall–Kier alpha value is -3.87. The van der Waals surface area contributed by atoms with Gasteiger partial charge in [0.1, 0.15) is 5.75 Å². The first-order chi connectivity index (χ1) is 15.0. The molecule has 0 bridgehead atoms. The molecule has 2 aromatic carbocycles. The molecule has 7 heteroatoms. The highest BCUT2D eigenvalue weighted by Gasteiger charge is 2.30. The van der Waals surface area contributed by atoms with E-state index in [1.54, 1.807) is 36.3 Å². The number of carbonyl (C=O) groups excluding carboxylic acids is 1. The molecule has 31 heavy (non-hydrogen) atoms. The van der Waals surface area contributed by atoms with Gasteiger partial charge in [-0.2, -0.15) is 0 Å². The average molecular weight is 418 g/mol. The van der Waals surface area contributed by atoms with Gasteiger partial charge in [-0.05, 0) is 34.9 Å². The van der Waals surface area contributed by atoms with Gasteiger partial charge in [-0.3, -0.25) is 4.79 Å². The first kappa shape index (κ1) is 21.8. The van der Waals surface area contributed by atoms with E-state index in [0.717, 1.165) is 16.7 Å². The smallest absolute Gasteiger partial charge is 0.270 e. The summed E-state index contributed by atoms with van der Waals surface area (Å²) in [6.45, 7) is 0.822. The zero-order valence-electron chi connectivity index (χ0n) is 17.7. The molecule has 1 amide bonds. The normalized spacial score (nSPS) is 16.3. The minimum absolute atomic E-state index is 0.0111. The van der Waals surface area contributed by atoms with Gasteiger partial charge in [-0.15, -0.1) is 0 Å². The topological polar surface area (TPSA) is 115 Å². The Morgan fingerprint density at radius 2 is 1.94 bits per heavy atom. The zero-order valence-corrected chi connectivity index (χ0v) is 17.7. The SMILES string of the molecule is CN/C=C(\C=N)[C@H]1CN(C(=O)/C(N)=C/C(=N)c2ccccc2OC)Cc2ccccc21. The van der Waals surface area contributed by atoms with Crippen molar-refractivity contribution in [3.63, 3.8) is 0 Å². The molecule has 0 spiro atoms. The number of benzene rings is 2. The number of para-hydroxylation sites is 1. The van der Waals surface area contributed by atoms with Gasteiger partial charge in [-0.25, -0.2) is 0 Å². The van der Waals surface area contributed by atoms with E-state index in [0.29, 0.717) is 24.4 Å². The predicted molar refractivity (Wildman–Crippen MR) is 123 cm³/mol. The summed E-state index contributed by atoms with van der Waals surface area (Å²) in [5.41, 5.74) is 9.67. The molecule has 0 saturated heterocycles. The third kappa shape index (κ3) is 4.66. The second kappa shape index (κ2) is 9.75. The average Bonchev–Trinajstić information content (AvgIpc) is 2.81. The minimum Gasteiger partial charge on any atom is -0.496 e. The first-order valence-electron chi connectivity index (χ1n) is 9.94. The second-order valence-corrected chi connectivity index (χ2v) is 7.23. The lowest BCUT2D eigenvalue weighted by atomic mass is 9.85. The standard InChI is InChI=1S/C24H27N5O2/c1-28-13-17(12-25)20-15-29(14-16-7-3-4-8-18(16)20)24(30)22(27)11-21(26)19-9-5-6-10-23(19)31-2/h3-13,20,25-26,28H,14-15,27H2,1-2H3/b17-13+,22-11-,25-12?,26-21?/t20-/m1/s1. The summed E-state index contributed by atoms with van der Waals surface area (Å²) in [5.74, 6) is 0.0667. The lowest BCUT2D eigenvalue weighted by Crippen LogP contribution is -2.41. The number of fused-ring (bicyclic) bond motifs is 1. The summed E-state index contributed by atoms with van der Waals surface area (Å²) in [6, 6.07) is 15.1. The Morgan fingerprint density at radius 3 is 2.65 bits per heavy atom. The van der Waals surface area contributed by atoms with Crippen molar-refractivity contribution >= 4 is 17.8 Å². The van der Waals surface area contributed by atoms with Crippen molar-refractivity contribution in [3.8, 4) is 5.75 Å². The van der Waals surface area contributed by atoms with Crippen molar-refractivity contribution in [2.45, 2.75) is 12.5 Å². The van der Waals surface area contributed by atoms with Gasteiger partial charge in [0.2, 0.25) is 0 Å². The molecule has 5 N–H and O–H groups in total. The maximum Gasteiger partial charge on any atom is 0.270 e. The molecule has 1 atom stereocenters. The summed E-state index contributed by atoms with van der Waals surface area (Å²) in [4.78, 5) is 14.8. The number of ether oxygens (including phenoxy) is 1. The fourth-order valence-electron chi connectivity index (χ4n) is 3.80. The molecule has 2 aromatic rings. The number of amides is 1. The van der Waals surface area contributed by atoms with Gasteiger partial charge in [0.25, 0.3) is 5.91 Å². The summed E-state index contributed by atoms with van der Waals surface area (Å²) >= 11 is 0. The third-order valence-electron chi connectivity index (χ3n) is 5.31. The molecule has 0 saturated carbocycles. The van der Waals surface area contributed by atoms with Crippen molar-refractivity contribution in [2.24, 2.45) is 5.73 Å². The number of nitrogens with one attached hydrogen (secondary N) is 3. The number of carbonyl (C=O) groups is 1. The minimum atomic E-state index is -0.340. The van der Waals surface area contributed by atoms with Gasteiger partial charge in [0.05, 0.1) is 18.5 Å². The number of nitrogens with two attached hydrogens (primary N) is 1. The largest absolute Gasteiger partial charge is 0.496 e. The molecule has 0 aromatic heterocycles. The maximum atomic E-state index is 13.2. The van der Waals surface area contributed by atoms with E-state index in [1.807, 2.05) is 30.3 Å². The van der Waals surface area contributed by atoms with Crippen LogP contribution in [0.25, 0.3) is 0 Å². The zero-order chi connectivity index (χ0) is 22.4. The van der Waals surface area contributed by atoms with Crippen LogP contribution in [-0.2, 0) is 11.3 Å². The Labute approximate surface area is 182 Å². The van der Waals surface area contributed by atoms with Crippen LogP contribution in [0, 0.1) is 10.8 Å². The third-order valence-corrected chi connectivity index (χ3v) is 5.31. The van der Waals surface area contributed by atoms with Crippen molar-refractivity contribution in [2.75, 3.05) is 20.7 Å². The molecular formula is C24H27N5O2. The second-order valence-electron chi connectivity index (χ2n) is 7.23. The molecule has 160 valence electrons. The number of nitrogens with zero attached hydrogens (tertiary/aromatic N) is 1. The van der Waals surface area contributed by atoms with Gasteiger partial charge < -0.3 is 31.5 Å². The van der Waals surface area contributed by atoms with Crippen molar-refractivity contribution in [3.05, 3.63) is 88.8 Å². The lowest BCUT2D eigenvalue weighted by Gasteiger charge is -2.35. The van der Waals surface area contributed by atoms with Gasteiger partial charge >= 0.3 is 0 Å². The van der Waals surface area contributed by atoms with Crippen LogP contribution in [0.3, 0.4) is 0 Å². The van der Waals surface area contributed by atoms with E-state index in [-0.39, 0.29) is 23.2 Å². The Balaban J connectivity index is 1.89. The Morgan fingerprint density at radius 1 is 1.23 bits per heavy atom. The molecule has 0 unspecified atom stereocenters. The fraction of sp³-hybridized carbons (Fsp3) is 0.208. The number of allylic oxidation sites excluding steroid dienone is 1. The van der Waals surface area contributed by atoms with Crippen LogP contribution in [0.5, 0.6) is 5.75 Å². The summed E-state index contributed by atoms with van der Waals surface area (Å²) in [5, 5.41) is 19.2. The monoisotopic (exact) mass is 417 g/mol. The maximum absolute atomic E-state index is 13.2. The fourth-order valence-corrected chi connectivity index (χ4v) is 3.80. The molecule has 7 nitrogen and oxygen atoms in total. The highest BCUT2D eigenvalue weighted by molar-refractivity contribution is 6.12. The van der Waals surface area contributed by atoms with Crippen LogP contribution in [0.15, 0.2) is 72.1 Å². The molecule has 1 aliphatic heterocycles. The number of hydrogen-bond acceptors (Lipinski definition) is 6. The number of hydrogen-bond donors (Lipinski definition) is 4. The Kier molecular flexibility index (Phi) is 6.87. The van der Waals surface area contributed by atoms with Crippen molar-refractivity contribution < 1.29 is 9.53 Å². The van der Waals surface area contributed by atoms with Crippen LogP contribution in [-0.4, -0.2) is 43.4 Å². The van der Waals surface area contributed by atoms with Crippen molar-refractivity contribution in [1.29, 1.82) is 10.8 Å². The highest BCUT2D eigenvalue weighted by atomic mass is 16.5. The van der Waals surface area contributed by atoms with E-state index in [1.165, 1.54) is 19.4 Å². The predicted octanol–water partition coefficient (Wildman–Crippen LogP) is 2.78. The van der Waals surface area contributed by atoms with Gasteiger partial charge in [-0.1, -0.05) is 36.4 Å². The highest BCUT2D eigenvalue weighted by Crippen LogP contribution is 2.33. The lowest BCUT2D eigenvalue weighted by molar-refractivity contribution is -0.128. The van der Waals surface area contributed by atoms with E-state index < -0.39 is 0 Å². The van der Waals surface area contributed by atoms with E-state index >= 15 is 0 Å². The first-order valence-corrected chi connectivity index (χ1v) is 9.94. The van der Waals surface area contributed by atoms with E-state index in [9.17, 15) is 4.79 Å². The molecule has 0 fully saturated rings. The van der Waals surface area contributed by atoms with E-state index in [4.69, 9.17) is 21.3 Å². The van der Waals surface area contributed by atoms with E-state index in [2.05, 4.69) is 5.32 Å². The van der Waals surface area contributed by atoms with Crippen LogP contribution in [0.1, 0.15) is 22.6 Å². The number of rotatable bonds is 7. The molecule has 0 radical (unpaired) electrons. The summed E-state index contributed by atoms with van der Waals surface area (Å²) < 4.78 is 5.30. The molecule has 1 heterocycles. The molecule has 0 aliphatic carbocycles. The van der Waals surface area contributed by atoms with Gasteiger partial charge in [0.15, 0.2) is 0 Å². The number of methoxy groups -OCH3 is 1. The van der Waals surface area contributed by atoms with Crippen LogP contribution < -0.4 is 15.8 Å². The Bertz CT molecular complexity index is 1060. The van der Waals surface area contributed by atoms with Gasteiger partial charge in [0, 0.05) is 44.0 Å². The quantitative estimate of drug-likeness (QED) is 0.409.